The molecule has 0 bridgehead atoms. The van der Waals surface area contributed by atoms with Crippen molar-refractivity contribution in [2.45, 2.75) is 45.3 Å². The molecule has 1 heterocycles. The molecule has 0 aliphatic carbocycles. The highest BCUT2D eigenvalue weighted by molar-refractivity contribution is 7.92. The van der Waals surface area contributed by atoms with Crippen LogP contribution in [0.5, 0.6) is 0 Å². The minimum atomic E-state index is -3.03. The third kappa shape index (κ3) is 5.43. The molecule has 22 heavy (non-hydrogen) atoms. The summed E-state index contributed by atoms with van der Waals surface area (Å²) in [6.45, 7) is 11.4. The normalized spacial score (nSPS) is 20.9. The van der Waals surface area contributed by atoms with Crippen LogP contribution in [0.1, 0.15) is 40.5 Å². The lowest BCUT2D eigenvalue weighted by Crippen LogP contribution is -2.57. The lowest BCUT2D eigenvalue weighted by Gasteiger charge is -2.39. The van der Waals surface area contributed by atoms with Crippen LogP contribution in [0.2, 0.25) is 0 Å². The summed E-state index contributed by atoms with van der Waals surface area (Å²) in [4.78, 5) is 6.60. The average Bonchev–Trinajstić information content (AvgIpc) is 2.44. The van der Waals surface area contributed by atoms with Gasteiger partial charge in [-0.05, 0) is 27.2 Å². The monoisotopic (exact) mass is 333 g/mol. The minimum Gasteiger partial charge on any atom is -0.380 e. The van der Waals surface area contributed by atoms with Gasteiger partial charge in [-0.3, -0.25) is 4.99 Å². The Hall–Kier alpha value is -0.820. The highest BCUT2D eigenvalue weighted by atomic mass is 32.2. The molecule has 130 valence electrons. The highest BCUT2D eigenvalue weighted by Crippen LogP contribution is 2.23. The highest BCUT2D eigenvalue weighted by Gasteiger charge is 2.40. The zero-order valence-corrected chi connectivity index (χ0v) is 15.2. The summed E-state index contributed by atoms with van der Waals surface area (Å²) in [7, 11) is -3.03. The fourth-order valence-corrected chi connectivity index (χ4v) is 3.68. The van der Waals surface area contributed by atoms with E-state index in [0.29, 0.717) is 26.2 Å². The maximum Gasteiger partial charge on any atom is 0.194 e. The van der Waals surface area contributed by atoms with E-state index in [1.165, 1.54) is 0 Å². The molecule has 0 atom stereocenters. The lowest BCUT2D eigenvalue weighted by molar-refractivity contribution is 0.138. The van der Waals surface area contributed by atoms with Crippen LogP contribution >= 0.6 is 0 Å². The van der Waals surface area contributed by atoms with Crippen molar-refractivity contribution >= 4 is 15.8 Å². The van der Waals surface area contributed by atoms with E-state index in [1.807, 2.05) is 11.8 Å². The van der Waals surface area contributed by atoms with Crippen LogP contribution in [0, 0.1) is 0 Å². The van der Waals surface area contributed by atoms with Gasteiger partial charge in [0.15, 0.2) is 15.8 Å². The van der Waals surface area contributed by atoms with Crippen molar-refractivity contribution in [2.75, 3.05) is 45.1 Å². The molecule has 1 aliphatic heterocycles. The van der Waals surface area contributed by atoms with Crippen molar-refractivity contribution in [1.29, 1.82) is 0 Å². The van der Waals surface area contributed by atoms with E-state index in [0.717, 1.165) is 32.0 Å². The summed E-state index contributed by atoms with van der Waals surface area (Å²) in [5.74, 6) is 0.960. The first kappa shape index (κ1) is 19.2. The van der Waals surface area contributed by atoms with Gasteiger partial charge in [-0.2, -0.15) is 0 Å². The zero-order chi connectivity index (χ0) is 16.6. The number of rotatable bonds is 7. The predicted octanol–water partition coefficient (Wildman–Crippen LogP) is 1.28. The molecule has 0 unspecified atom stereocenters. The van der Waals surface area contributed by atoms with Gasteiger partial charge in [-0.1, -0.05) is 13.3 Å². The molecule has 0 aromatic heterocycles. The molecule has 0 saturated carbocycles. The van der Waals surface area contributed by atoms with Crippen LogP contribution in [0.3, 0.4) is 0 Å². The van der Waals surface area contributed by atoms with Gasteiger partial charge in [0.05, 0.1) is 23.7 Å². The molecule has 0 amide bonds. The van der Waals surface area contributed by atoms with Crippen LogP contribution in [0.25, 0.3) is 0 Å². The lowest BCUT2D eigenvalue weighted by atomic mass is 10.2. The van der Waals surface area contributed by atoms with Crippen LogP contribution in [0.4, 0.5) is 0 Å². The number of hydrogen-bond donors (Lipinski definition) is 1. The molecule has 7 heteroatoms. The molecule has 6 nitrogen and oxygen atoms in total. The Morgan fingerprint density at radius 2 is 2.05 bits per heavy atom. The molecule has 1 N–H and O–H groups in total. The molecular formula is C15H31N3O3S. The van der Waals surface area contributed by atoms with E-state index in [4.69, 9.17) is 4.74 Å². The Bertz CT molecular complexity index is 461. The topological polar surface area (TPSA) is 71.0 Å². The third-order valence-electron chi connectivity index (χ3n) is 3.82. The van der Waals surface area contributed by atoms with Crippen LogP contribution in [-0.4, -0.2) is 69.2 Å². The van der Waals surface area contributed by atoms with E-state index in [2.05, 4.69) is 17.2 Å². The first-order valence-electron chi connectivity index (χ1n) is 8.17. The number of sulfone groups is 1. The molecule has 0 aromatic rings. The fraction of sp³-hybridized carbons (Fsp3) is 0.933. The molecule has 0 spiro atoms. The van der Waals surface area contributed by atoms with E-state index >= 15 is 0 Å². The van der Waals surface area contributed by atoms with Gasteiger partial charge in [0.25, 0.3) is 0 Å². The van der Waals surface area contributed by atoms with E-state index in [1.54, 1.807) is 13.8 Å². The number of nitrogens with one attached hydrogen (secondary N) is 1. The molecule has 1 saturated heterocycles. The SMILES string of the molecule is CCCCOCCN=C(NCC)N1CCS(=O)(=O)C(C)(C)C1. The first-order chi connectivity index (χ1) is 10.3. The van der Waals surface area contributed by atoms with Crippen molar-refractivity contribution < 1.29 is 13.2 Å². The van der Waals surface area contributed by atoms with Crippen molar-refractivity contribution in [1.82, 2.24) is 10.2 Å². The Morgan fingerprint density at radius 1 is 1.32 bits per heavy atom. The summed E-state index contributed by atoms with van der Waals surface area (Å²) in [5.41, 5.74) is 0. The maximum absolute atomic E-state index is 12.1. The van der Waals surface area contributed by atoms with Gasteiger partial charge in [-0.15, -0.1) is 0 Å². The van der Waals surface area contributed by atoms with E-state index in [-0.39, 0.29) is 5.75 Å². The van der Waals surface area contributed by atoms with Gasteiger partial charge < -0.3 is 15.0 Å². The van der Waals surface area contributed by atoms with E-state index < -0.39 is 14.6 Å². The second-order valence-electron chi connectivity index (χ2n) is 6.20. The average molecular weight is 333 g/mol. The number of aliphatic imine (C=N–C) groups is 1. The van der Waals surface area contributed by atoms with Gasteiger partial charge in [0.2, 0.25) is 0 Å². The Balaban J connectivity index is 2.59. The summed E-state index contributed by atoms with van der Waals surface area (Å²) in [6.07, 6.45) is 2.20. The number of guanidine groups is 1. The Morgan fingerprint density at radius 3 is 2.64 bits per heavy atom. The third-order valence-corrected chi connectivity index (χ3v) is 6.35. The fourth-order valence-electron chi connectivity index (χ4n) is 2.31. The smallest absolute Gasteiger partial charge is 0.194 e. The van der Waals surface area contributed by atoms with Crippen LogP contribution < -0.4 is 5.32 Å². The molecular weight excluding hydrogens is 302 g/mol. The minimum absolute atomic E-state index is 0.178. The second-order valence-corrected chi connectivity index (χ2v) is 8.94. The summed E-state index contributed by atoms with van der Waals surface area (Å²) in [6, 6.07) is 0. The number of hydrogen-bond acceptors (Lipinski definition) is 4. The Labute approximate surface area is 135 Å². The van der Waals surface area contributed by atoms with E-state index in [9.17, 15) is 8.42 Å². The molecule has 0 radical (unpaired) electrons. The van der Waals surface area contributed by atoms with Crippen LogP contribution in [0.15, 0.2) is 4.99 Å². The second kappa shape index (κ2) is 8.72. The van der Waals surface area contributed by atoms with Gasteiger partial charge in [-0.25, -0.2) is 8.42 Å². The summed E-state index contributed by atoms with van der Waals surface area (Å²) >= 11 is 0. The molecule has 0 aromatic carbocycles. The number of nitrogens with zero attached hydrogens (tertiary/aromatic N) is 2. The number of unbranched alkanes of at least 4 members (excludes halogenated alkanes) is 1. The van der Waals surface area contributed by atoms with Crippen molar-refractivity contribution in [3.63, 3.8) is 0 Å². The standard InChI is InChI=1S/C15H31N3O3S/c1-5-7-10-21-11-8-17-14(16-6-2)18-9-12-22(19,20)15(3,4)13-18/h5-13H2,1-4H3,(H,16,17). The van der Waals surface area contributed by atoms with Crippen molar-refractivity contribution in [2.24, 2.45) is 4.99 Å². The summed E-state index contributed by atoms with van der Waals surface area (Å²) < 4.78 is 28.9. The summed E-state index contributed by atoms with van der Waals surface area (Å²) in [5, 5.41) is 3.25. The van der Waals surface area contributed by atoms with Gasteiger partial charge in [0.1, 0.15) is 0 Å². The number of ether oxygens (including phenoxy) is 1. The van der Waals surface area contributed by atoms with Gasteiger partial charge in [0, 0.05) is 26.2 Å². The molecule has 1 rings (SSSR count). The quantitative estimate of drug-likeness (QED) is 0.432. The molecule has 1 fully saturated rings. The largest absolute Gasteiger partial charge is 0.380 e. The predicted molar refractivity (Wildman–Crippen MR) is 91.1 cm³/mol. The van der Waals surface area contributed by atoms with Crippen molar-refractivity contribution in [3.05, 3.63) is 0 Å². The Kier molecular flexibility index (Phi) is 7.62. The molecule has 1 aliphatic rings. The van der Waals surface area contributed by atoms with Crippen molar-refractivity contribution in [3.8, 4) is 0 Å². The van der Waals surface area contributed by atoms with Crippen LogP contribution in [-0.2, 0) is 14.6 Å². The first-order valence-corrected chi connectivity index (χ1v) is 9.82. The maximum atomic E-state index is 12.1. The zero-order valence-electron chi connectivity index (χ0n) is 14.4. The van der Waals surface area contributed by atoms with Gasteiger partial charge >= 0.3 is 0 Å².